The quantitative estimate of drug-likeness (QED) is 0.894. The number of carboxylic acids is 1. The molecule has 2 rings (SSSR count). The SMILES string of the molecule is Cc1cc(N(C)C)nc([C@]2(C)CCCN2CC(=O)O)n1. The molecule has 20 heavy (non-hydrogen) atoms. The van der Waals surface area contributed by atoms with Crippen LogP contribution in [0.2, 0.25) is 0 Å². The summed E-state index contributed by atoms with van der Waals surface area (Å²) in [6.45, 7) is 4.79. The van der Waals surface area contributed by atoms with E-state index in [1.54, 1.807) is 0 Å². The Bertz CT molecular complexity index is 518. The molecule has 1 fully saturated rings. The Hall–Kier alpha value is -1.69. The average molecular weight is 278 g/mol. The van der Waals surface area contributed by atoms with Gasteiger partial charge in [0.15, 0.2) is 5.82 Å². The van der Waals surface area contributed by atoms with Gasteiger partial charge in [-0.1, -0.05) is 0 Å². The first-order chi connectivity index (χ1) is 9.33. The largest absolute Gasteiger partial charge is 0.480 e. The summed E-state index contributed by atoms with van der Waals surface area (Å²) in [7, 11) is 3.88. The van der Waals surface area contributed by atoms with E-state index in [2.05, 4.69) is 9.97 Å². The van der Waals surface area contributed by atoms with Crippen LogP contribution in [0.5, 0.6) is 0 Å². The number of rotatable bonds is 4. The highest BCUT2D eigenvalue weighted by molar-refractivity contribution is 5.69. The van der Waals surface area contributed by atoms with Crippen LogP contribution in [-0.2, 0) is 10.3 Å². The number of likely N-dealkylation sites (tertiary alicyclic amines) is 1. The lowest BCUT2D eigenvalue weighted by molar-refractivity contribution is -0.139. The summed E-state index contributed by atoms with van der Waals surface area (Å²) in [5.74, 6) is 0.773. The van der Waals surface area contributed by atoms with Gasteiger partial charge in [-0.3, -0.25) is 9.69 Å². The summed E-state index contributed by atoms with van der Waals surface area (Å²) in [5, 5.41) is 9.06. The zero-order valence-corrected chi connectivity index (χ0v) is 12.6. The van der Waals surface area contributed by atoms with Crippen LogP contribution in [0.25, 0.3) is 0 Å². The van der Waals surface area contributed by atoms with Crippen molar-refractivity contribution in [3.8, 4) is 0 Å². The molecule has 0 radical (unpaired) electrons. The van der Waals surface area contributed by atoms with Crippen LogP contribution in [0.1, 0.15) is 31.3 Å². The molecule has 1 aromatic heterocycles. The topological polar surface area (TPSA) is 69.6 Å². The molecule has 0 aromatic carbocycles. The van der Waals surface area contributed by atoms with E-state index in [1.807, 2.05) is 43.8 Å². The molecule has 0 spiro atoms. The summed E-state index contributed by atoms with van der Waals surface area (Å²) < 4.78 is 0. The maximum absolute atomic E-state index is 11.0. The van der Waals surface area contributed by atoms with Crippen molar-refractivity contribution in [1.29, 1.82) is 0 Å². The van der Waals surface area contributed by atoms with Crippen LogP contribution in [0.4, 0.5) is 5.82 Å². The fraction of sp³-hybridized carbons (Fsp3) is 0.643. The summed E-state index contributed by atoms with van der Waals surface area (Å²) in [6, 6.07) is 1.93. The molecule has 0 bridgehead atoms. The third kappa shape index (κ3) is 2.75. The number of aromatic nitrogens is 2. The molecule has 6 heteroatoms. The van der Waals surface area contributed by atoms with Crippen molar-refractivity contribution in [2.75, 3.05) is 32.1 Å². The van der Waals surface area contributed by atoms with E-state index in [0.717, 1.165) is 36.7 Å². The lowest BCUT2D eigenvalue weighted by Gasteiger charge is -2.33. The van der Waals surface area contributed by atoms with E-state index in [-0.39, 0.29) is 6.54 Å². The minimum absolute atomic E-state index is 0.0328. The number of carbonyl (C=O) groups is 1. The molecule has 1 N–H and O–H groups in total. The Labute approximate surface area is 119 Å². The van der Waals surface area contributed by atoms with Gasteiger partial charge in [0.25, 0.3) is 0 Å². The van der Waals surface area contributed by atoms with E-state index >= 15 is 0 Å². The molecule has 2 heterocycles. The maximum Gasteiger partial charge on any atom is 0.317 e. The van der Waals surface area contributed by atoms with Gasteiger partial charge in [-0.05, 0) is 33.2 Å². The van der Waals surface area contributed by atoms with Gasteiger partial charge in [0.2, 0.25) is 0 Å². The van der Waals surface area contributed by atoms with Crippen LogP contribution < -0.4 is 4.90 Å². The lowest BCUT2D eigenvalue weighted by Crippen LogP contribution is -2.43. The highest BCUT2D eigenvalue weighted by Crippen LogP contribution is 2.37. The third-order valence-corrected chi connectivity index (χ3v) is 3.90. The first kappa shape index (κ1) is 14.7. The molecule has 110 valence electrons. The average Bonchev–Trinajstić information content (AvgIpc) is 2.70. The van der Waals surface area contributed by atoms with Gasteiger partial charge in [0.05, 0.1) is 12.1 Å². The molecular weight excluding hydrogens is 256 g/mol. The Kier molecular flexibility index (Phi) is 3.94. The van der Waals surface area contributed by atoms with Gasteiger partial charge >= 0.3 is 5.97 Å². The minimum atomic E-state index is -0.807. The van der Waals surface area contributed by atoms with Gasteiger partial charge in [-0.15, -0.1) is 0 Å². The maximum atomic E-state index is 11.0. The Morgan fingerprint density at radius 3 is 2.80 bits per heavy atom. The first-order valence-electron chi connectivity index (χ1n) is 6.83. The Balaban J connectivity index is 2.40. The number of hydrogen-bond acceptors (Lipinski definition) is 5. The Morgan fingerprint density at radius 1 is 1.50 bits per heavy atom. The normalized spacial score (nSPS) is 23.0. The van der Waals surface area contributed by atoms with Crippen LogP contribution in [0.3, 0.4) is 0 Å². The molecule has 0 unspecified atom stereocenters. The molecule has 1 aliphatic rings. The molecule has 1 aromatic rings. The number of anilines is 1. The monoisotopic (exact) mass is 278 g/mol. The number of aliphatic carboxylic acids is 1. The van der Waals surface area contributed by atoms with Crippen LogP contribution in [0, 0.1) is 6.92 Å². The second-order valence-electron chi connectivity index (χ2n) is 5.78. The van der Waals surface area contributed by atoms with Crippen molar-refractivity contribution >= 4 is 11.8 Å². The van der Waals surface area contributed by atoms with Gasteiger partial charge < -0.3 is 10.0 Å². The van der Waals surface area contributed by atoms with Gasteiger partial charge in [-0.2, -0.15) is 0 Å². The second-order valence-corrected chi connectivity index (χ2v) is 5.78. The Morgan fingerprint density at radius 2 is 2.20 bits per heavy atom. The fourth-order valence-electron chi connectivity index (χ4n) is 2.71. The van der Waals surface area contributed by atoms with Crippen molar-refractivity contribution < 1.29 is 9.90 Å². The van der Waals surface area contributed by atoms with Crippen molar-refractivity contribution in [2.24, 2.45) is 0 Å². The van der Waals surface area contributed by atoms with Crippen LogP contribution >= 0.6 is 0 Å². The van der Waals surface area contributed by atoms with E-state index < -0.39 is 11.5 Å². The zero-order chi connectivity index (χ0) is 14.9. The first-order valence-corrected chi connectivity index (χ1v) is 6.83. The number of carboxylic acid groups (broad SMARTS) is 1. The lowest BCUT2D eigenvalue weighted by atomic mass is 9.97. The number of nitrogens with zero attached hydrogens (tertiary/aromatic N) is 4. The van der Waals surface area contributed by atoms with E-state index in [1.165, 1.54) is 0 Å². The van der Waals surface area contributed by atoms with Gasteiger partial charge in [-0.25, -0.2) is 9.97 Å². The predicted molar refractivity (Wildman–Crippen MR) is 76.9 cm³/mol. The molecular formula is C14H22N4O2. The molecule has 6 nitrogen and oxygen atoms in total. The third-order valence-electron chi connectivity index (χ3n) is 3.90. The number of hydrogen-bond donors (Lipinski definition) is 1. The van der Waals surface area contributed by atoms with Crippen LogP contribution in [-0.4, -0.2) is 53.1 Å². The van der Waals surface area contributed by atoms with E-state index in [0.29, 0.717) is 0 Å². The highest BCUT2D eigenvalue weighted by atomic mass is 16.4. The highest BCUT2D eigenvalue weighted by Gasteiger charge is 2.41. The summed E-state index contributed by atoms with van der Waals surface area (Å²) in [6.07, 6.45) is 1.86. The zero-order valence-electron chi connectivity index (χ0n) is 12.6. The van der Waals surface area contributed by atoms with Gasteiger partial charge in [0.1, 0.15) is 5.82 Å². The molecule has 1 saturated heterocycles. The molecule has 0 amide bonds. The van der Waals surface area contributed by atoms with Crippen molar-refractivity contribution in [3.63, 3.8) is 0 Å². The van der Waals surface area contributed by atoms with Crippen LogP contribution in [0.15, 0.2) is 6.07 Å². The van der Waals surface area contributed by atoms with E-state index in [9.17, 15) is 4.79 Å². The summed E-state index contributed by atoms with van der Waals surface area (Å²) >= 11 is 0. The standard InChI is InChI=1S/C14H22N4O2/c1-10-8-11(17(3)4)16-13(15-10)14(2)6-5-7-18(14)9-12(19)20/h8H,5-7,9H2,1-4H3,(H,19,20)/t14-/m0/s1. The van der Waals surface area contributed by atoms with Crippen molar-refractivity contribution in [3.05, 3.63) is 17.6 Å². The molecule has 0 aliphatic carbocycles. The minimum Gasteiger partial charge on any atom is -0.480 e. The predicted octanol–water partition coefficient (Wildman–Crippen LogP) is 1.25. The fourth-order valence-corrected chi connectivity index (χ4v) is 2.71. The molecule has 1 aliphatic heterocycles. The molecule has 0 saturated carbocycles. The van der Waals surface area contributed by atoms with Crippen molar-refractivity contribution in [1.82, 2.24) is 14.9 Å². The smallest absolute Gasteiger partial charge is 0.317 e. The van der Waals surface area contributed by atoms with E-state index in [4.69, 9.17) is 5.11 Å². The molecule has 1 atom stereocenters. The van der Waals surface area contributed by atoms with Crippen molar-refractivity contribution in [2.45, 2.75) is 32.2 Å². The van der Waals surface area contributed by atoms with Gasteiger partial charge in [0, 0.05) is 25.9 Å². The summed E-state index contributed by atoms with van der Waals surface area (Å²) in [5.41, 5.74) is 0.511. The number of aryl methyl sites for hydroxylation is 1. The second kappa shape index (κ2) is 5.36. The summed E-state index contributed by atoms with van der Waals surface area (Å²) in [4.78, 5) is 24.1.